The summed E-state index contributed by atoms with van der Waals surface area (Å²) in [5, 5.41) is 2.20. The number of nitrogens with zero attached hydrogens (tertiary/aromatic N) is 4. The molecule has 0 fully saturated rings. The van der Waals surface area contributed by atoms with Crippen LogP contribution >= 0.6 is 11.3 Å². The summed E-state index contributed by atoms with van der Waals surface area (Å²) in [7, 11) is 0. The van der Waals surface area contributed by atoms with E-state index in [2.05, 4.69) is 61.8 Å². The van der Waals surface area contributed by atoms with Gasteiger partial charge in [-0.2, -0.15) is 0 Å². The molecule has 4 aromatic rings. The minimum Gasteiger partial charge on any atom is -0.361 e. The molecule has 1 aliphatic rings. The SMILES string of the molecule is CCCCC(CC(=O)c1cnc(N2CCn3cncc3C2)s1)Cc1c[nH]c2ccccc12. The van der Waals surface area contributed by atoms with Crippen molar-refractivity contribution in [2.24, 2.45) is 5.92 Å². The highest BCUT2D eigenvalue weighted by atomic mass is 32.1. The Balaban J connectivity index is 1.27. The van der Waals surface area contributed by atoms with E-state index in [1.165, 1.54) is 28.0 Å². The summed E-state index contributed by atoms with van der Waals surface area (Å²) in [6.07, 6.45) is 12.6. The van der Waals surface area contributed by atoms with Crippen molar-refractivity contribution in [3.05, 3.63) is 65.3 Å². The van der Waals surface area contributed by atoms with Crippen molar-refractivity contribution in [1.29, 1.82) is 0 Å². The van der Waals surface area contributed by atoms with Crippen molar-refractivity contribution >= 4 is 33.2 Å². The number of aromatic nitrogens is 4. The zero-order chi connectivity index (χ0) is 21.9. The van der Waals surface area contributed by atoms with E-state index >= 15 is 0 Å². The van der Waals surface area contributed by atoms with Crippen LogP contribution in [0.15, 0.2) is 49.2 Å². The molecule has 0 amide bonds. The van der Waals surface area contributed by atoms with Crippen LogP contribution in [0.3, 0.4) is 0 Å². The van der Waals surface area contributed by atoms with E-state index < -0.39 is 0 Å². The normalized spacial score (nSPS) is 14.6. The molecule has 0 aliphatic carbocycles. The van der Waals surface area contributed by atoms with Crippen molar-refractivity contribution in [3.8, 4) is 0 Å². The third-order valence-electron chi connectivity index (χ3n) is 6.42. The second-order valence-electron chi connectivity index (χ2n) is 8.71. The molecular weight excluding hydrogens is 418 g/mol. The lowest BCUT2D eigenvalue weighted by Gasteiger charge is -2.27. The van der Waals surface area contributed by atoms with Crippen molar-refractivity contribution in [3.63, 3.8) is 0 Å². The molecule has 1 aliphatic heterocycles. The number of Topliss-reactive ketones (excluding diaryl/α,β-unsaturated/α-hetero) is 1. The maximum Gasteiger partial charge on any atom is 0.186 e. The van der Waals surface area contributed by atoms with Gasteiger partial charge in [-0.15, -0.1) is 0 Å². The van der Waals surface area contributed by atoms with E-state index in [9.17, 15) is 4.79 Å². The fourth-order valence-electron chi connectivity index (χ4n) is 4.63. The third kappa shape index (κ3) is 4.35. The van der Waals surface area contributed by atoms with Crippen LogP contribution in [0, 0.1) is 5.92 Å². The van der Waals surface area contributed by atoms with Gasteiger partial charge in [0, 0.05) is 42.8 Å². The topological polar surface area (TPSA) is 66.8 Å². The van der Waals surface area contributed by atoms with Gasteiger partial charge in [-0.1, -0.05) is 49.3 Å². The van der Waals surface area contributed by atoms with Gasteiger partial charge < -0.3 is 14.5 Å². The second-order valence-corrected chi connectivity index (χ2v) is 9.72. The van der Waals surface area contributed by atoms with E-state index in [0.717, 1.165) is 60.8 Å². The molecule has 0 saturated heterocycles. The molecule has 3 aromatic heterocycles. The number of imidazole rings is 1. The number of hydrogen-bond donors (Lipinski definition) is 1. The van der Waals surface area contributed by atoms with Gasteiger partial charge in [-0.3, -0.25) is 4.79 Å². The van der Waals surface area contributed by atoms with Gasteiger partial charge >= 0.3 is 0 Å². The lowest BCUT2D eigenvalue weighted by molar-refractivity contribution is 0.0962. The predicted octanol–water partition coefficient (Wildman–Crippen LogP) is 5.46. The van der Waals surface area contributed by atoms with Crippen LogP contribution in [0.2, 0.25) is 0 Å². The van der Waals surface area contributed by atoms with Crippen molar-refractivity contribution in [2.75, 3.05) is 11.4 Å². The molecule has 1 N–H and O–H groups in total. The highest BCUT2D eigenvalue weighted by Crippen LogP contribution is 2.30. The van der Waals surface area contributed by atoms with Gasteiger partial charge in [0.2, 0.25) is 0 Å². The van der Waals surface area contributed by atoms with Gasteiger partial charge in [0.05, 0.1) is 29.6 Å². The zero-order valence-electron chi connectivity index (χ0n) is 18.5. The van der Waals surface area contributed by atoms with Gasteiger partial charge in [0.1, 0.15) is 0 Å². The van der Waals surface area contributed by atoms with Crippen LogP contribution in [0.4, 0.5) is 5.13 Å². The molecule has 0 saturated carbocycles. The maximum atomic E-state index is 13.2. The summed E-state index contributed by atoms with van der Waals surface area (Å²) in [5.41, 5.74) is 3.67. The molecule has 6 nitrogen and oxygen atoms in total. The lowest BCUT2D eigenvalue weighted by Crippen LogP contribution is -2.32. The first kappa shape index (κ1) is 20.9. The van der Waals surface area contributed by atoms with Gasteiger partial charge in [-0.25, -0.2) is 9.97 Å². The number of hydrogen-bond acceptors (Lipinski definition) is 5. The van der Waals surface area contributed by atoms with E-state index in [4.69, 9.17) is 0 Å². The van der Waals surface area contributed by atoms with E-state index in [-0.39, 0.29) is 5.78 Å². The minimum absolute atomic E-state index is 0.219. The van der Waals surface area contributed by atoms with Gasteiger partial charge in [0.25, 0.3) is 0 Å². The molecule has 7 heteroatoms. The Kier molecular flexibility index (Phi) is 6.08. The Morgan fingerprint density at radius 1 is 1.25 bits per heavy atom. The molecule has 166 valence electrons. The van der Waals surface area contributed by atoms with E-state index in [1.807, 2.05) is 12.5 Å². The number of fused-ring (bicyclic) bond motifs is 2. The number of ketones is 1. The smallest absolute Gasteiger partial charge is 0.186 e. The summed E-state index contributed by atoms with van der Waals surface area (Å²) in [6, 6.07) is 8.41. The van der Waals surface area contributed by atoms with Crippen molar-refractivity contribution < 1.29 is 4.79 Å². The Morgan fingerprint density at radius 3 is 3.06 bits per heavy atom. The first-order chi connectivity index (χ1) is 15.7. The van der Waals surface area contributed by atoms with Gasteiger partial charge in [0.15, 0.2) is 10.9 Å². The number of nitrogens with one attached hydrogen (secondary N) is 1. The van der Waals surface area contributed by atoms with Crippen LogP contribution in [0.1, 0.15) is 53.5 Å². The minimum atomic E-state index is 0.219. The number of carbonyl (C=O) groups excluding carboxylic acids is 1. The number of unbranched alkanes of at least 4 members (excludes halogenated alkanes) is 1. The first-order valence-electron chi connectivity index (χ1n) is 11.5. The fraction of sp³-hybridized carbons (Fsp3) is 0.400. The fourth-order valence-corrected chi connectivity index (χ4v) is 5.52. The number of aromatic amines is 1. The summed E-state index contributed by atoms with van der Waals surface area (Å²) < 4.78 is 2.18. The quantitative estimate of drug-likeness (QED) is 0.346. The zero-order valence-corrected chi connectivity index (χ0v) is 19.3. The average Bonchev–Trinajstić information content (AvgIpc) is 3.56. The number of para-hydroxylation sites is 1. The standard InChI is InChI=1S/C25H29N5OS/c1-2-3-6-18(11-19-13-27-22-8-5-4-7-21(19)22)12-23(31)24-15-28-25(32-24)29-9-10-30-17-26-14-20(30)16-29/h4-5,7-8,13-15,17-18,27H,2-3,6,9-12,16H2,1H3. The summed E-state index contributed by atoms with van der Waals surface area (Å²) in [5.74, 6) is 0.563. The number of rotatable bonds is 9. The number of anilines is 1. The monoisotopic (exact) mass is 447 g/mol. The Morgan fingerprint density at radius 2 is 2.16 bits per heavy atom. The van der Waals surface area contributed by atoms with Gasteiger partial charge in [-0.05, 0) is 30.4 Å². The molecule has 1 atom stereocenters. The number of carbonyl (C=O) groups is 1. The Labute approximate surface area is 192 Å². The van der Waals surface area contributed by atoms with Crippen molar-refractivity contribution in [2.45, 2.75) is 52.1 Å². The molecular formula is C25H29N5OS. The molecule has 1 aromatic carbocycles. The Bertz CT molecular complexity index is 1210. The van der Waals surface area contributed by atoms with Crippen LogP contribution in [0.5, 0.6) is 0 Å². The van der Waals surface area contributed by atoms with Crippen LogP contribution in [0.25, 0.3) is 10.9 Å². The second kappa shape index (κ2) is 9.28. The van der Waals surface area contributed by atoms with E-state index in [0.29, 0.717) is 12.3 Å². The molecule has 1 unspecified atom stereocenters. The lowest BCUT2D eigenvalue weighted by atomic mass is 9.89. The van der Waals surface area contributed by atoms with Crippen LogP contribution in [-0.4, -0.2) is 31.8 Å². The molecule has 4 heterocycles. The third-order valence-corrected chi connectivity index (χ3v) is 7.52. The number of thiazole rings is 1. The largest absolute Gasteiger partial charge is 0.361 e. The van der Waals surface area contributed by atoms with E-state index in [1.54, 1.807) is 6.20 Å². The van der Waals surface area contributed by atoms with Crippen molar-refractivity contribution in [1.82, 2.24) is 19.5 Å². The molecule has 0 radical (unpaired) electrons. The highest BCUT2D eigenvalue weighted by molar-refractivity contribution is 7.17. The summed E-state index contributed by atoms with van der Waals surface area (Å²) in [4.78, 5) is 28.4. The highest BCUT2D eigenvalue weighted by Gasteiger charge is 2.22. The average molecular weight is 448 g/mol. The molecule has 5 rings (SSSR count). The summed E-state index contributed by atoms with van der Waals surface area (Å²) in [6.45, 7) is 4.80. The summed E-state index contributed by atoms with van der Waals surface area (Å²) >= 11 is 1.53. The Hall–Kier alpha value is -2.93. The van der Waals surface area contributed by atoms with Crippen LogP contribution < -0.4 is 4.90 Å². The number of benzene rings is 1. The molecule has 0 spiro atoms. The molecule has 0 bridgehead atoms. The number of H-pyrrole nitrogens is 1. The maximum absolute atomic E-state index is 13.2. The molecule has 32 heavy (non-hydrogen) atoms. The predicted molar refractivity (Wildman–Crippen MR) is 129 cm³/mol. The van der Waals surface area contributed by atoms with Crippen LogP contribution in [-0.2, 0) is 19.5 Å². The first-order valence-corrected chi connectivity index (χ1v) is 12.3.